The average Bonchev–Trinajstić information content (AvgIpc) is 1.85. The molecule has 1 heterocycles. The number of nitrogens with two attached hydrogens (primary N) is 1. The van der Waals surface area contributed by atoms with Crippen LogP contribution in [0.25, 0.3) is 0 Å². The number of aromatic nitrogens is 1. The summed E-state index contributed by atoms with van der Waals surface area (Å²) >= 11 is 5.68. The molecule has 0 aromatic carbocycles. The molecule has 3 heteroatoms. The van der Waals surface area contributed by atoms with Crippen LogP contribution < -0.4 is 5.73 Å². The molecule has 1 atom stereocenters. The highest BCUT2D eigenvalue weighted by Gasteiger charge is 1.97. The Hall–Kier alpha value is -0.600. The monoisotopic (exact) mass is 170 g/mol. The van der Waals surface area contributed by atoms with Crippen LogP contribution in [0.3, 0.4) is 0 Å². The Morgan fingerprint density at radius 3 is 3.00 bits per heavy atom. The van der Waals surface area contributed by atoms with Crippen molar-refractivity contribution in [3.05, 3.63) is 29.0 Å². The van der Waals surface area contributed by atoms with Gasteiger partial charge in [0.1, 0.15) is 5.15 Å². The first-order chi connectivity index (χ1) is 5.18. The summed E-state index contributed by atoms with van der Waals surface area (Å²) in [7, 11) is 0. The second-order valence-corrected chi connectivity index (χ2v) is 3.06. The van der Waals surface area contributed by atoms with Crippen molar-refractivity contribution in [3.63, 3.8) is 0 Å². The van der Waals surface area contributed by atoms with E-state index in [1.807, 2.05) is 19.1 Å². The number of halogens is 1. The first-order valence-corrected chi connectivity index (χ1v) is 3.92. The molecular weight excluding hydrogens is 160 g/mol. The summed E-state index contributed by atoms with van der Waals surface area (Å²) in [5.74, 6) is 0. The van der Waals surface area contributed by atoms with Crippen molar-refractivity contribution in [3.8, 4) is 0 Å². The fraction of sp³-hybridized carbons (Fsp3) is 0.375. The third-order valence-electron chi connectivity index (χ3n) is 1.35. The third-order valence-corrected chi connectivity index (χ3v) is 1.56. The Balaban J connectivity index is 2.71. The zero-order chi connectivity index (χ0) is 8.27. The van der Waals surface area contributed by atoms with E-state index in [0.29, 0.717) is 5.15 Å². The van der Waals surface area contributed by atoms with Crippen LogP contribution in [0.4, 0.5) is 0 Å². The van der Waals surface area contributed by atoms with Crippen molar-refractivity contribution < 1.29 is 0 Å². The molecule has 0 saturated heterocycles. The summed E-state index contributed by atoms with van der Waals surface area (Å²) in [6, 6.07) is 3.94. The third kappa shape index (κ3) is 2.87. The largest absolute Gasteiger partial charge is 0.328 e. The van der Waals surface area contributed by atoms with Crippen LogP contribution in [0.1, 0.15) is 12.5 Å². The molecule has 60 valence electrons. The number of pyridine rings is 1. The Bertz CT molecular complexity index is 235. The van der Waals surface area contributed by atoms with Gasteiger partial charge in [0.05, 0.1) is 0 Å². The molecular formula is C8H11ClN2. The van der Waals surface area contributed by atoms with E-state index in [-0.39, 0.29) is 6.04 Å². The van der Waals surface area contributed by atoms with Crippen molar-refractivity contribution in [2.45, 2.75) is 19.4 Å². The number of hydrogen-bond acceptors (Lipinski definition) is 2. The molecule has 11 heavy (non-hydrogen) atoms. The predicted octanol–water partition coefficient (Wildman–Crippen LogP) is 1.62. The van der Waals surface area contributed by atoms with Gasteiger partial charge in [-0.05, 0) is 31.0 Å². The molecule has 0 bridgehead atoms. The van der Waals surface area contributed by atoms with Gasteiger partial charge in [-0.3, -0.25) is 0 Å². The zero-order valence-electron chi connectivity index (χ0n) is 6.42. The Labute approximate surface area is 71.4 Å². The van der Waals surface area contributed by atoms with E-state index >= 15 is 0 Å². The average molecular weight is 171 g/mol. The summed E-state index contributed by atoms with van der Waals surface area (Å²) in [6.45, 7) is 1.97. The number of nitrogens with zero attached hydrogens (tertiary/aromatic N) is 1. The maximum Gasteiger partial charge on any atom is 0.129 e. The summed E-state index contributed by atoms with van der Waals surface area (Å²) in [5.41, 5.74) is 6.75. The minimum Gasteiger partial charge on any atom is -0.328 e. The van der Waals surface area contributed by atoms with E-state index in [0.717, 1.165) is 12.0 Å². The lowest BCUT2D eigenvalue weighted by atomic mass is 10.1. The van der Waals surface area contributed by atoms with Crippen LogP contribution in [-0.2, 0) is 6.42 Å². The van der Waals surface area contributed by atoms with E-state index in [1.54, 1.807) is 6.20 Å². The molecule has 0 fully saturated rings. The number of rotatable bonds is 2. The summed E-state index contributed by atoms with van der Waals surface area (Å²) in [5, 5.41) is 0.531. The maximum atomic E-state index is 5.68. The van der Waals surface area contributed by atoms with Crippen LogP contribution in [0, 0.1) is 0 Å². The normalized spacial score (nSPS) is 13.0. The van der Waals surface area contributed by atoms with Gasteiger partial charge in [-0.15, -0.1) is 0 Å². The van der Waals surface area contributed by atoms with Crippen LogP contribution in [0.15, 0.2) is 18.3 Å². The highest BCUT2D eigenvalue weighted by atomic mass is 35.5. The maximum absolute atomic E-state index is 5.68. The Morgan fingerprint density at radius 1 is 1.73 bits per heavy atom. The molecule has 2 N–H and O–H groups in total. The van der Waals surface area contributed by atoms with Gasteiger partial charge in [-0.1, -0.05) is 11.6 Å². The molecule has 1 rings (SSSR count). The fourth-order valence-electron chi connectivity index (χ4n) is 0.941. The number of hydrogen-bond donors (Lipinski definition) is 1. The lowest BCUT2D eigenvalue weighted by molar-refractivity contribution is 0.737. The molecule has 0 aliphatic rings. The van der Waals surface area contributed by atoms with Gasteiger partial charge in [-0.2, -0.15) is 0 Å². The smallest absolute Gasteiger partial charge is 0.129 e. The van der Waals surface area contributed by atoms with E-state index in [9.17, 15) is 0 Å². The van der Waals surface area contributed by atoms with Crippen LogP contribution in [-0.4, -0.2) is 11.0 Å². The van der Waals surface area contributed by atoms with Crippen molar-refractivity contribution in [2.24, 2.45) is 5.73 Å². The molecule has 1 aromatic heterocycles. The predicted molar refractivity (Wildman–Crippen MR) is 46.6 cm³/mol. The molecule has 0 aliphatic carbocycles. The first kappa shape index (κ1) is 8.50. The molecule has 0 aliphatic heterocycles. The molecule has 2 nitrogen and oxygen atoms in total. The van der Waals surface area contributed by atoms with Gasteiger partial charge in [-0.25, -0.2) is 4.98 Å². The molecule has 0 radical (unpaired) electrons. The van der Waals surface area contributed by atoms with Gasteiger partial charge in [0.25, 0.3) is 0 Å². The van der Waals surface area contributed by atoms with Crippen LogP contribution in [0.5, 0.6) is 0 Å². The van der Waals surface area contributed by atoms with E-state index in [4.69, 9.17) is 17.3 Å². The van der Waals surface area contributed by atoms with Gasteiger partial charge in [0.2, 0.25) is 0 Å². The second kappa shape index (κ2) is 3.69. The highest BCUT2D eigenvalue weighted by Crippen LogP contribution is 2.08. The van der Waals surface area contributed by atoms with Gasteiger partial charge in [0.15, 0.2) is 0 Å². The first-order valence-electron chi connectivity index (χ1n) is 3.54. The lowest BCUT2D eigenvalue weighted by Crippen LogP contribution is -2.17. The highest BCUT2D eigenvalue weighted by molar-refractivity contribution is 6.29. The van der Waals surface area contributed by atoms with E-state index in [2.05, 4.69) is 4.98 Å². The molecule has 0 saturated carbocycles. The van der Waals surface area contributed by atoms with Gasteiger partial charge in [0, 0.05) is 12.2 Å². The minimum atomic E-state index is 0.175. The van der Waals surface area contributed by atoms with Gasteiger partial charge >= 0.3 is 0 Å². The zero-order valence-corrected chi connectivity index (χ0v) is 7.17. The summed E-state index contributed by atoms with van der Waals surface area (Å²) in [4.78, 5) is 3.87. The second-order valence-electron chi connectivity index (χ2n) is 2.67. The van der Waals surface area contributed by atoms with Crippen molar-refractivity contribution >= 4 is 11.6 Å². The van der Waals surface area contributed by atoms with Crippen LogP contribution >= 0.6 is 11.6 Å². The molecule has 0 spiro atoms. The van der Waals surface area contributed by atoms with E-state index in [1.165, 1.54) is 0 Å². The fourth-order valence-corrected chi connectivity index (χ4v) is 1.14. The standard InChI is InChI=1S/C8H11ClN2/c1-6(10)4-7-2-3-11-8(9)5-7/h2-3,5-6H,4,10H2,1H3/t6-/m1/s1. The molecule has 0 amide bonds. The molecule has 1 aromatic rings. The van der Waals surface area contributed by atoms with Crippen LogP contribution in [0.2, 0.25) is 5.15 Å². The quantitative estimate of drug-likeness (QED) is 0.686. The topological polar surface area (TPSA) is 38.9 Å². The lowest BCUT2D eigenvalue weighted by Gasteiger charge is -2.03. The SMILES string of the molecule is C[C@@H](N)Cc1ccnc(Cl)c1. The van der Waals surface area contributed by atoms with E-state index < -0.39 is 0 Å². The molecule has 0 unspecified atom stereocenters. The van der Waals surface area contributed by atoms with Crippen molar-refractivity contribution in [1.29, 1.82) is 0 Å². The summed E-state index contributed by atoms with van der Waals surface area (Å²) in [6.07, 6.45) is 2.54. The Kier molecular flexibility index (Phi) is 2.85. The Morgan fingerprint density at radius 2 is 2.45 bits per heavy atom. The van der Waals surface area contributed by atoms with Crippen molar-refractivity contribution in [2.75, 3.05) is 0 Å². The van der Waals surface area contributed by atoms with Gasteiger partial charge < -0.3 is 5.73 Å². The minimum absolute atomic E-state index is 0.175. The summed E-state index contributed by atoms with van der Waals surface area (Å²) < 4.78 is 0. The van der Waals surface area contributed by atoms with Crippen molar-refractivity contribution in [1.82, 2.24) is 4.98 Å².